The number of aromatic nitrogens is 3. The molecule has 10 aromatic rings. The van der Waals surface area contributed by atoms with Crippen LogP contribution < -0.4 is 5.19 Å². The molecule has 7 aromatic carbocycles. The Morgan fingerprint density at radius 3 is 2.01 bits per heavy atom. The predicted octanol–water partition coefficient (Wildman–Crippen LogP) is 16.8. The molecule has 0 bridgehead atoms. The number of benzene rings is 7. The molecule has 0 saturated heterocycles. The van der Waals surface area contributed by atoms with Crippen molar-refractivity contribution in [2.45, 2.75) is 97.7 Å². The largest absolute Gasteiger partial charge is 0.500 e. The van der Waals surface area contributed by atoms with Crippen LogP contribution in [0.4, 0.5) is 4.39 Å². The second-order valence-electron chi connectivity index (χ2n) is 21.4. The van der Waals surface area contributed by atoms with E-state index in [1.807, 2.05) is 12.3 Å². The molecular weight excluding hydrogens is 1050 g/mol. The number of imidazole rings is 1. The smallest absolute Gasteiger partial charge is 0.125 e. The predicted molar refractivity (Wildman–Crippen MR) is 289 cm³/mol. The molecule has 3 aromatic heterocycles. The second kappa shape index (κ2) is 18.5. The van der Waals surface area contributed by atoms with Crippen LogP contribution in [0, 0.1) is 17.9 Å². The van der Waals surface area contributed by atoms with E-state index in [-0.39, 0.29) is 48.6 Å². The number of fused-ring (bicyclic) bond motifs is 8. The fraction of sp³-hybridized carbons (Fsp3) is 0.238. The van der Waals surface area contributed by atoms with Crippen LogP contribution in [-0.2, 0) is 30.9 Å². The molecule has 1 aliphatic carbocycles. The van der Waals surface area contributed by atoms with E-state index in [0.29, 0.717) is 0 Å². The number of rotatable bonds is 7. The summed E-state index contributed by atoms with van der Waals surface area (Å²) < 4.78 is 22.4. The summed E-state index contributed by atoms with van der Waals surface area (Å²) in [5.41, 5.74) is 17.5. The fourth-order valence-corrected chi connectivity index (χ4v) is 11.5. The minimum Gasteiger partial charge on any atom is -0.500 e. The van der Waals surface area contributed by atoms with Crippen LogP contribution in [0.2, 0.25) is 19.6 Å². The number of hydrogen-bond acceptors (Lipinski definition) is 3. The maximum absolute atomic E-state index is 12.8. The number of furan rings is 1. The number of para-hydroxylation sites is 2. The molecule has 0 aliphatic heterocycles. The van der Waals surface area contributed by atoms with Gasteiger partial charge in [0.15, 0.2) is 0 Å². The summed E-state index contributed by atoms with van der Waals surface area (Å²) in [7, 11) is -1.34. The summed E-state index contributed by atoms with van der Waals surface area (Å²) in [4.78, 5) is 9.72. The van der Waals surface area contributed by atoms with Gasteiger partial charge in [0.25, 0.3) is 0 Å². The Morgan fingerprint density at radius 1 is 0.657 bits per heavy atom. The zero-order chi connectivity index (χ0) is 48.6. The van der Waals surface area contributed by atoms with Crippen LogP contribution in [0.3, 0.4) is 0 Å². The van der Waals surface area contributed by atoms with Crippen molar-refractivity contribution in [1.29, 1.82) is 0 Å². The average molecular weight is 1110 g/mol. The first-order valence-corrected chi connectivity index (χ1v) is 27.8. The van der Waals surface area contributed by atoms with Gasteiger partial charge in [-0.15, -0.1) is 48.0 Å². The molecule has 3 heterocycles. The third-order valence-electron chi connectivity index (χ3n) is 14.9. The summed E-state index contributed by atoms with van der Waals surface area (Å²) in [6.07, 6.45) is 1.82. The molecule has 4 nitrogen and oxygen atoms in total. The van der Waals surface area contributed by atoms with E-state index in [4.69, 9.17) is 9.40 Å². The van der Waals surface area contributed by atoms with Gasteiger partial charge < -0.3 is 14.0 Å². The monoisotopic (exact) mass is 1110 g/mol. The van der Waals surface area contributed by atoms with Crippen molar-refractivity contribution in [3.05, 3.63) is 192 Å². The van der Waals surface area contributed by atoms with Crippen molar-refractivity contribution < 1.29 is 28.9 Å². The maximum Gasteiger partial charge on any atom is 0.125 e. The summed E-state index contributed by atoms with van der Waals surface area (Å²) in [6, 6.07) is 56.9. The molecule has 1 radical (unpaired) electrons. The Labute approximate surface area is 427 Å². The van der Waals surface area contributed by atoms with Crippen LogP contribution in [0.1, 0.15) is 89.5 Å². The summed E-state index contributed by atoms with van der Waals surface area (Å²) in [6.45, 7) is 25.6. The van der Waals surface area contributed by atoms with Gasteiger partial charge in [-0.05, 0) is 92.2 Å². The van der Waals surface area contributed by atoms with Gasteiger partial charge in [-0.3, -0.25) is 9.37 Å². The van der Waals surface area contributed by atoms with E-state index in [2.05, 4.69) is 218 Å². The SMILES string of the molecule is CC(C)c1cc(-c2ccccc2)cc(C(C)C)c1-n1c(-c2[c-]ccc3c2oc2c4c(ccc23)-c2ccccc2C(C)(C)C4(C)C)nc2ccccc21.C[Si](C)(C)c1ccnc(-c2[c-]cc(F)cc2)c1.[Ir]. The molecule has 7 heteroatoms. The van der Waals surface area contributed by atoms with E-state index in [1.54, 1.807) is 6.07 Å². The molecule has 11 rings (SSSR count). The van der Waals surface area contributed by atoms with E-state index >= 15 is 0 Å². The van der Waals surface area contributed by atoms with Crippen LogP contribution in [0.25, 0.3) is 83.6 Å². The zero-order valence-electron chi connectivity index (χ0n) is 42.0. The van der Waals surface area contributed by atoms with Gasteiger partial charge in [-0.2, -0.15) is 0 Å². The van der Waals surface area contributed by atoms with Crippen molar-refractivity contribution >= 4 is 46.2 Å². The first kappa shape index (κ1) is 48.8. The molecule has 0 saturated carbocycles. The standard InChI is InChI=1S/C49H45N2O.C14H15FNSi.Ir/c1-29(2)38-27-32(31-17-10-9-11-18-31)28-39(30(3)4)44(38)51-42-24-15-14-23-41(42)50-47(51)37-21-16-20-35-36-26-25-34-33-19-12-13-22-40(33)48(5,6)49(7,8)43(34)46(36)52-45(35)37;1-17(2,3)13-8-9-16-14(10-13)11-4-6-12(15)7-5-11;/h9-20,22-30H,1-8H3;4,6-10H,1-3H3;/q2*-1;. The zero-order valence-corrected chi connectivity index (χ0v) is 45.4. The molecule has 0 N–H and O–H groups in total. The first-order valence-electron chi connectivity index (χ1n) is 24.3. The number of halogens is 1. The van der Waals surface area contributed by atoms with E-state index in [1.165, 1.54) is 67.5 Å². The molecule has 0 atom stereocenters. The van der Waals surface area contributed by atoms with Gasteiger partial charge in [0, 0.05) is 54.2 Å². The minimum atomic E-state index is -1.34. The maximum atomic E-state index is 12.8. The van der Waals surface area contributed by atoms with Crippen LogP contribution >= 0.6 is 0 Å². The third-order valence-corrected chi connectivity index (χ3v) is 16.9. The van der Waals surface area contributed by atoms with Crippen molar-refractivity contribution in [2.24, 2.45) is 0 Å². The minimum absolute atomic E-state index is 0. The Balaban J connectivity index is 0.000000286. The van der Waals surface area contributed by atoms with Gasteiger partial charge >= 0.3 is 0 Å². The summed E-state index contributed by atoms with van der Waals surface area (Å²) >= 11 is 0. The quantitative estimate of drug-likeness (QED) is 0.118. The van der Waals surface area contributed by atoms with Crippen molar-refractivity contribution in [1.82, 2.24) is 14.5 Å². The van der Waals surface area contributed by atoms with Gasteiger partial charge in [-0.25, -0.2) is 0 Å². The third kappa shape index (κ3) is 8.30. The van der Waals surface area contributed by atoms with Gasteiger partial charge in [0.05, 0.1) is 30.5 Å². The number of hydrogen-bond donors (Lipinski definition) is 0. The normalized spacial score (nSPS) is 13.8. The Morgan fingerprint density at radius 2 is 1.33 bits per heavy atom. The van der Waals surface area contributed by atoms with Crippen LogP contribution in [0.5, 0.6) is 0 Å². The van der Waals surface area contributed by atoms with Crippen LogP contribution in [-0.4, -0.2) is 22.6 Å². The van der Waals surface area contributed by atoms with Gasteiger partial charge in [0.1, 0.15) is 5.58 Å². The van der Waals surface area contributed by atoms with E-state index < -0.39 is 8.07 Å². The fourth-order valence-electron chi connectivity index (χ4n) is 10.4. The Bertz CT molecular complexity index is 3530. The Kier molecular flexibility index (Phi) is 12.9. The molecule has 0 fully saturated rings. The molecule has 0 amide bonds. The summed E-state index contributed by atoms with van der Waals surface area (Å²) in [5.74, 6) is 1.13. The van der Waals surface area contributed by atoms with Gasteiger partial charge in [-0.1, -0.05) is 176 Å². The Hall–Kier alpha value is -6.24. The molecule has 0 unspecified atom stereocenters. The molecule has 70 heavy (non-hydrogen) atoms. The van der Waals surface area contributed by atoms with E-state index in [0.717, 1.165) is 55.6 Å². The molecule has 1 aliphatic rings. The molecule has 0 spiro atoms. The molecule has 355 valence electrons. The van der Waals surface area contributed by atoms with Crippen molar-refractivity contribution in [3.8, 4) is 50.6 Å². The van der Waals surface area contributed by atoms with Crippen LogP contribution in [0.15, 0.2) is 156 Å². The number of nitrogens with zero attached hydrogens (tertiary/aromatic N) is 3. The van der Waals surface area contributed by atoms with Gasteiger partial charge in [0.2, 0.25) is 0 Å². The topological polar surface area (TPSA) is 43.9 Å². The average Bonchev–Trinajstić information content (AvgIpc) is 3.92. The second-order valence-corrected chi connectivity index (χ2v) is 26.5. The number of pyridine rings is 1. The van der Waals surface area contributed by atoms with Crippen molar-refractivity contribution in [2.75, 3.05) is 0 Å². The molecular formula is C63H60FIrN3OSi-2. The summed E-state index contributed by atoms with van der Waals surface area (Å²) in [5, 5.41) is 3.57. The van der Waals surface area contributed by atoms with E-state index in [9.17, 15) is 4.39 Å². The first-order chi connectivity index (χ1) is 33.0. The van der Waals surface area contributed by atoms with Crippen molar-refractivity contribution in [3.63, 3.8) is 0 Å².